The van der Waals surface area contributed by atoms with Gasteiger partial charge in [0.15, 0.2) is 24.3 Å². The van der Waals surface area contributed by atoms with Crippen LogP contribution in [-0.4, -0.2) is 92.8 Å². The second-order valence-electron chi connectivity index (χ2n) is 19.9. The molecule has 4 aliphatic carbocycles. The third kappa shape index (κ3) is 8.48. The van der Waals surface area contributed by atoms with E-state index in [9.17, 15) is 19.2 Å². The summed E-state index contributed by atoms with van der Waals surface area (Å²) in [4.78, 5) is 50.8. The molecule has 62 heavy (non-hydrogen) atoms. The predicted molar refractivity (Wildman–Crippen MR) is 227 cm³/mol. The number of carbonyl (C=O) groups is 4. The Morgan fingerprint density at radius 1 is 0.935 bits per heavy atom. The molecule has 1 spiro atoms. The molecule has 340 valence electrons. The number of hydrogen-bond acceptors (Lipinski definition) is 12. The summed E-state index contributed by atoms with van der Waals surface area (Å²) in [5, 5.41) is 2.95. The first-order chi connectivity index (χ1) is 29.5. The van der Waals surface area contributed by atoms with E-state index < -0.39 is 60.2 Å². The van der Waals surface area contributed by atoms with Gasteiger partial charge in [0.05, 0.1) is 25.9 Å². The van der Waals surface area contributed by atoms with Gasteiger partial charge in [-0.25, -0.2) is 0 Å². The number of nitrogens with one attached hydrogen (secondary N) is 1. The van der Waals surface area contributed by atoms with Crippen LogP contribution in [0.2, 0.25) is 0 Å². The van der Waals surface area contributed by atoms with Crippen molar-refractivity contribution in [3.8, 4) is 5.75 Å². The molecule has 7 aliphatic rings. The van der Waals surface area contributed by atoms with E-state index in [1.165, 1.54) is 45.3 Å². The van der Waals surface area contributed by atoms with Gasteiger partial charge in [0.2, 0.25) is 5.91 Å². The van der Waals surface area contributed by atoms with Crippen LogP contribution < -0.4 is 10.1 Å². The van der Waals surface area contributed by atoms with E-state index >= 15 is 0 Å². The van der Waals surface area contributed by atoms with Crippen molar-refractivity contribution in [3.63, 3.8) is 0 Å². The first kappa shape index (κ1) is 44.8. The molecule has 1 aromatic carbocycles. The molecule has 0 radical (unpaired) electrons. The molecule has 0 aromatic heterocycles. The first-order valence-corrected chi connectivity index (χ1v) is 23.0. The van der Waals surface area contributed by atoms with E-state index in [0.29, 0.717) is 47.7 Å². The highest BCUT2D eigenvalue weighted by atomic mass is 16.7. The predicted octanol–water partition coefficient (Wildman–Crippen LogP) is 7.10. The number of fused-ring (bicyclic) bond motifs is 7. The van der Waals surface area contributed by atoms with Gasteiger partial charge in [0, 0.05) is 39.2 Å². The van der Waals surface area contributed by atoms with Gasteiger partial charge in [0.1, 0.15) is 24.5 Å². The monoisotopic (exact) mass is 861 g/mol. The Morgan fingerprint density at radius 3 is 2.42 bits per heavy atom. The Hall–Kier alpha value is -3.78. The van der Waals surface area contributed by atoms with E-state index in [4.69, 9.17) is 37.9 Å². The van der Waals surface area contributed by atoms with E-state index in [1.807, 2.05) is 12.1 Å². The molecule has 3 heterocycles. The topological polar surface area (TPSA) is 154 Å². The zero-order valence-electron chi connectivity index (χ0n) is 37.7. The molecule has 13 heteroatoms. The summed E-state index contributed by atoms with van der Waals surface area (Å²) < 4.78 is 49.2. The van der Waals surface area contributed by atoms with Gasteiger partial charge in [0.25, 0.3) is 0 Å². The molecular weight excluding hydrogens is 795 g/mol. The number of allylic oxidation sites excluding steroid dienone is 1. The van der Waals surface area contributed by atoms with Crippen LogP contribution in [0.4, 0.5) is 0 Å². The molecule has 3 saturated carbocycles. The molecule has 1 amide bonds. The molecule has 6 fully saturated rings. The summed E-state index contributed by atoms with van der Waals surface area (Å²) in [6.45, 7) is 13.9. The van der Waals surface area contributed by atoms with Crippen LogP contribution in [0.3, 0.4) is 0 Å². The average molecular weight is 862 g/mol. The molecule has 0 bridgehead atoms. The van der Waals surface area contributed by atoms with Crippen LogP contribution in [-0.2, 0) is 52.3 Å². The third-order valence-corrected chi connectivity index (χ3v) is 16.2. The first-order valence-electron chi connectivity index (χ1n) is 23.0. The lowest BCUT2D eigenvalue weighted by molar-refractivity contribution is -0.289. The number of ether oxygens (including phenoxy) is 8. The molecule has 8 rings (SSSR count). The highest BCUT2D eigenvalue weighted by Crippen LogP contribution is 2.70. The van der Waals surface area contributed by atoms with Crippen LogP contribution >= 0.6 is 0 Å². The minimum absolute atomic E-state index is 0.0165. The maximum atomic E-state index is 13.7. The number of methoxy groups -OCH3 is 1. The third-order valence-electron chi connectivity index (χ3n) is 16.2. The quantitative estimate of drug-likeness (QED) is 0.111. The normalized spacial score (nSPS) is 42.1. The van der Waals surface area contributed by atoms with Gasteiger partial charge < -0.3 is 43.2 Å². The number of benzene rings is 1. The summed E-state index contributed by atoms with van der Waals surface area (Å²) in [6, 6.07) is 6.15. The molecular formula is C49H67NO12. The Morgan fingerprint density at radius 2 is 1.71 bits per heavy atom. The lowest BCUT2D eigenvalue weighted by Crippen LogP contribution is -2.67. The number of esters is 3. The van der Waals surface area contributed by atoms with Crippen LogP contribution in [0.5, 0.6) is 5.75 Å². The van der Waals surface area contributed by atoms with Gasteiger partial charge in [-0.2, -0.15) is 0 Å². The number of rotatable bonds is 10. The van der Waals surface area contributed by atoms with Crippen molar-refractivity contribution < 1.29 is 57.1 Å². The Bertz CT molecular complexity index is 1920. The fourth-order valence-electron chi connectivity index (χ4n) is 13.3. The maximum absolute atomic E-state index is 13.7. The van der Waals surface area contributed by atoms with Crippen molar-refractivity contribution in [2.24, 2.45) is 46.3 Å². The molecule has 3 aliphatic heterocycles. The van der Waals surface area contributed by atoms with Crippen molar-refractivity contribution in [2.45, 2.75) is 155 Å². The van der Waals surface area contributed by atoms with Crippen LogP contribution in [0.15, 0.2) is 42.0 Å². The Balaban J connectivity index is 1.02. The van der Waals surface area contributed by atoms with E-state index in [2.05, 4.69) is 39.1 Å². The lowest BCUT2D eigenvalue weighted by Gasteiger charge is -2.58. The zero-order valence-corrected chi connectivity index (χ0v) is 37.7. The van der Waals surface area contributed by atoms with Gasteiger partial charge in [-0.3, -0.25) is 19.2 Å². The highest BCUT2D eigenvalue weighted by Gasteiger charge is 2.69. The molecule has 1 aromatic rings. The highest BCUT2D eigenvalue weighted by molar-refractivity contribution is 5.92. The Kier molecular flexibility index (Phi) is 12.8. The summed E-state index contributed by atoms with van der Waals surface area (Å²) in [5.41, 5.74) is 2.36. The molecule has 0 unspecified atom stereocenters. The van der Waals surface area contributed by atoms with Gasteiger partial charge in [-0.05, 0) is 116 Å². The Labute approximate surface area is 366 Å². The minimum atomic E-state index is -1.23. The van der Waals surface area contributed by atoms with E-state index in [0.717, 1.165) is 50.7 Å². The lowest BCUT2D eigenvalue weighted by atomic mass is 9.47. The summed E-state index contributed by atoms with van der Waals surface area (Å²) in [6.07, 6.45) is 9.79. The van der Waals surface area contributed by atoms with Gasteiger partial charge >= 0.3 is 17.9 Å². The standard InChI is InChI=1S/C49H67NO12/c1-27-16-21-49(57-25-27)28(2)42-39(62-49)24-38-36-14-13-33-23-35(17-19-47(33,6)37(36)18-20-48(38,42)7)60-46-43(50-41(54)15-12-32-10-9-11-34(22-32)55-8)45(59-31(5)53)44(58-30(4)52)40(61-46)26-56-29(3)51/h9-13,15,22,27-28,35-40,42-46H,14,16-21,23-26H2,1-8H3,(H,50,54)/b15-12+/t27-,28+,35+,36-,37+,38+,39+,40-,42+,43-,44-,45-,46-,47+,48+,49-/m1/s1. The van der Waals surface area contributed by atoms with Crippen LogP contribution in [0.25, 0.3) is 6.08 Å². The molecule has 1 N–H and O–H groups in total. The zero-order chi connectivity index (χ0) is 44.1. The number of carbonyl (C=O) groups excluding carboxylic acids is 4. The fourth-order valence-corrected chi connectivity index (χ4v) is 13.3. The van der Waals surface area contributed by atoms with Crippen molar-refractivity contribution in [1.82, 2.24) is 5.32 Å². The molecule has 13 nitrogen and oxygen atoms in total. The van der Waals surface area contributed by atoms with Gasteiger partial charge in [-0.15, -0.1) is 0 Å². The van der Waals surface area contributed by atoms with E-state index in [-0.39, 0.29) is 29.6 Å². The smallest absolute Gasteiger partial charge is 0.303 e. The summed E-state index contributed by atoms with van der Waals surface area (Å²) >= 11 is 0. The van der Waals surface area contributed by atoms with Crippen LogP contribution in [0.1, 0.15) is 112 Å². The van der Waals surface area contributed by atoms with Crippen molar-refractivity contribution in [1.29, 1.82) is 0 Å². The SMILES string of the molecule is COc1cccc(/C=C/C(=O)N[C@H]2[C@H](O[C@H]3CC[C@@]4(C)C(=CC[C@H]5[C@@H]6C[C@@H]7O[C@]8(CC[C@@H](C)CO8)[C@@H](C)[C@@H]7[C@@]6(C)CC[C@@H]54)C3)O[C@H](COC(C)=O)[C@@H](OC(C)=O)[C@@H]2OC(C)=O)c1. The second-order valence-corrected chi connectivity index (χ2v) is 19.9. The number of hydrogen-bond donors (Lipinski definition) is 1. The van der Waals surface area contributed by atoms with Crippen molar-refractivity contribution in [3.05, 3.63) is 47.6 Å². The molecule has 16 atom stereocenters. The maximum Gasteiger partial charge on any atom is 0.303 e. The molecule has 3 saturated heterocycles. The van der Waals surface area contributed by atoms with Crippen LogP contribution in [0, 0.1) is 46.3 Å². The summed E-state index contributed by atoms with van der Waals surface area (Å²) in [7, 11) is 1.57. The largest absolute Gasteiger partial charge is 0.497 e. The second kappa shape index (κ2) is 17.7. The van der Waals surface area contributed by atoms with Gasteiger partial charge in [-0.1, -0.05) is 51.5 Å². The van der Waals surface area contributed by atoms with Crippen molar-refractivity contribution >= 4 is 29.9 Å². The van der Waals surface area contributed by atoms with Crippen molar-refractivity contribution in [2.75, 3.05) is 20.3 Å². The fraction of sp³-hybridized carbons (Fsp3) is 0.714. The summed E-state index contributed by atoms with van der Waals surface area (Å²) in [5.74, 6) is 1.01. The minimum Gasteiger partial charge on any atom is -0.497 e. The van der Waals surface area contributed by atoms with E-state index in [1.54, 1.807) is 25.3 Å². The average Bonchev–Trinajstić information content (AvgIpc) is 3.68. The number of amides is 1.